The number of hydrogen-bond acceptors (Lipinski definition) is 2. The monoisotopic (exact) mass is 520 g/mol. The van der Waals surface area contributed by atoms with Crippen molar-refractivity contribution in [3.63, 3.8) is 0 Å². The Kier molecular flexibility index (Phi) is 6.68. The third-order valence-electron chi connectivity index (χ3n) is 8.61. The molecule has 0 heterocycles. The zero-order valence-corrected chi connectivity index (χ0v) is 24.0. The van der Waals surface area contributed by atoms with E-state index in [0.717, 1.165) is 37.1 Å². The van der Waals surface area contributed by atoms with Gasteiger partial charge in [0.1, 0.15) is 0 Å². The van der Waals surface area contributed by atoms with Crippen LogP contribution in [0.25, 0.3) is 21.9 Å². The fourth-order valence-corrected chi connectivity index (χ4v) is 7.02. The average Bonchev–Trinajstić information content (AvgIpc) is 3.22. The molecule has 0 unspecified atom stereocenters. The van der Waals surface area contributed by atoms with Crippen LogP contribution < -0.4 is 4.90 Å². The summed E-state index contributed by atoms with van der Waals surface area (Å²) in [6, 6.07) is 37.5. The Balaban J connectivity index is 1.72. The molecular weight excluding hydrogens is 484 g/mol. The van der Waals surface area contributed by atoms with Crippen molar-refractivity contribution >= 4 is 27.8 Å². The first kappa shape index (κ1) is 25.9. The van der Waals surface area contributed by atoms with Crippen LogP contribution >= 0.6 is 0 Å². The summed E-state index contributed by atoms with van der Waals surface area (Å²) >= 11 is 0. The van der Waals surface area contributed by atoms with Crippen LogP contribution in [0.5, 0.6) is 0 Å². The smallest absolute Gasteiger partial charge is 0.0991 e. The molecule has 0 aromatic heterocycles. The number of hydrogen-bond donors (Lipinski definition) is 0. The van der Waals surface area contributed by atoms with Crippen molar-refractivity contribution in [2.45, 2.75) is 58.8 Å². The van der Waals surface area contributed by atoms with Crippen molar-refractivity contribution in [3.05, 3.63) is 125 Å². The van der Waals surface area contributed by atoms with Crippen molar-refractivity contribution in [2.75, 3.05) is 4.90 Å². The SMILES string of the molecule is CCCC1(CCC)c2cc(C)ccc2-c2c1cc(N(c1ccc(C#N)cc1)c1cccc(C)c1)c1ccccc21. The lowest BCUT2D eigenvalue weighted by Crippen LogP contribution is -2.25. The van der Waals surface area contributed by atoms with Crippen molar-refractivity contribution in [1.82, 2.24) is 0 Å². The number of anilines is 3. The van der Waals surface area contributed by atoms with Crippen LogP contribution in [0.15, 0.2) is 97.1 Å². The van der Waals surface area contributed by atoms with Gasteiger partial charge in [0.05, 0.1) is 17.3 Å². The Hall–Kier alpha value is -4.35. The van der Waals surface area contributed by atoms with Gasteiger partial charge in [0.2, 0.25) is 0 Å². The Morgan fingerprint density at radius 1 is 0.675 bits per heavy atom. The molecule has 0 spiro atoms. The van der Waals surface area contributed by atoms with Gasteiger partial charge in [-0.25, -0.2) is 0 Å². The van der Waals surface area contributed by atoms with Crippen LogP contribution in [0.4, 0.5) is 17.1 Å². The summed E-state index contributed by atoms with van der Waals surface area (Å²) in [5, 5.41) is 12.0. The number of fused-ring (bicyclic) bond motifs is 5. The van der Waals surface area contributed by atoms with Gasteiger partial charge in [-0.2, -0.15) is 5.26 Å². The summed E-state index contributed by atoms with van der Waals surface area (Å²) < 4.78 is 0. The van der Waals surface area contributed by atoms with Crippen LogP contribution in [0.3, 0.4) is 0 Å². The first-order chi connectivity index (χ1) is 19.5. The van der Waals surface area contributed by atoms with Gasteiger partial charge in [-0.05, 0) is 102 Å². The molecule has 1 aliphatic rings. The van der Waals surface area contributed by atoms with Crippen LogP contribution in [0.1, 0.15) is 67.3 Å². The molecule has 1 aliphatic carbocycles. The molecule has 0 saturated carbocycles. The highest BCUT2D eigenvalue weighted by atomic mass is 15.1. The maximum Gasteiger partial charge on any atom is 0.0991 e. The van der Waals surface area contributed by atoms with E-state index in [1.165, 1.54) is 49.8 Å². The predicted octanol–water partition coefficient (Wildman–Crippen LogP) is 10.7. The summed E-state index contributed by atoms with van der Waals surface area (Å²) in [6.07, 6.45) is 4.52. The van der Waals surface area contributed by atoms with Gasteiger partial charge in [0.25, 0.3) is 0 Å². The molecule has 0 saturated heterocycles. The summed E-state index contributed by atoms with van der Waals surface area (Å²) in [7, 11) is 0. The fourth-order valence-electron chi connectivity index (χ4n) is 7.02. The Morgan fingerprint density at radius 2 is 1.38 bits per heavy atom. The van der Waals surface area contributed by atoms with E-state index in [4.69, 9.17) is 0 Å². The molecule has 0 fully saturated rings. The van der Waals surface area contributed by atoms with Crippen LogP contribution in [0.2, 0.25) is 0 Å². The summed E-state index contributed by atoms with van der Waals surface area (Å²) in [4.78, 5) is 2.38. The predicted molar refractivity (Wildman–Crippen MR) is 169 cm³/mol. The van der Waals surface area contributed by atoms with E-state index in [9.17, 15) is 5.26 Å². The minimum Gasteiger partial charge on any atom is -0.310 e. The molecule has 0 bridgehead atoms. The lowest BCUT2D eigenvalue weighted by atomic mass is 9.71. The van der Waals surface area contributed by atoms with E-state index in [1.807, 2.05) is 12.1 Å². The minimum atomic E-state index is -0.0120. The van der Waals surface area contributed by atoms with Gasteiger partial charge in [-0.15, -0.1) is 0 Å². The summed E-state index contributed by atoms with van der Waals surface area (Å²) in [6.45, 7) is 9.01. The van der Waals surface area contributed by atoms with Crippen molar-refractivity contribution in [1.29, 1.82) is 5.26 Å². The van der Waals surface area contributed by atoms with E-state index in [2.05, 4.69) is 124 Å². The van der Waals surface area contributed by atoms with Gasteiger partial charge >= 0.3 is 0 Å². The normalized spacial score (nSPS) is 13.1. The van der Waals surface area contributed by atoms with Gasteiger partial charge in [-0.1, -0.05) is 86.8 Å². The average molecular weight is 521 g/mol. The maximum atomic E-state index is 9.49. The molecule has 0 atom stereocenters. The number of benzene rings is 5. The maximum absolute atomic E-state index is 9.49. The molecule has 5 aromatic rings. The second kappa shape index (κ2) is 10.3. The Morgan fingerprint density at radius 3 is 2.05 bits per heavy atom. The molecule has 5 aromatic carbocycles. The quantitative estimate of drug-likeness (QED) is 0.213. The largest absolute Gasteiger partial charge is 0.310 e. The zero-order valence-electron chi connectivity index (χ0n) is 24.0. The Labute approximate surface area is 238 Å². The topological polar surface area (TPSA) is 27.0 Å². The molecule has 0 N–H and O–H groups in total. The van der Waals surface area contributed by atoms with Crippen molar-refractivity contribution in [2.24, 2.45) is 0 Å². The Bertz CT molecular complexity index is 1750. The summed E-state index contributed by atoms with van der Waals surface area (Å²) in [5.41, 5.74) is 12.3. The molecule has 0 aliphatic heterocycles. The lowest BCUT2D eigenvalue weighted by molar-refractivity contribution is 0.436. The molecule has 6 rings (SSSR count). The third kappa shape index (κ3) is 4.09. The second-order valence-corrected chi connectivity index (χ2v) is 11.3. The highest BCUT2D eigenvalue weighted by Crippen LogP contribution is 2.58. The van der Waals surface area contributed by atoms with Gasteiger partial charge in [0, 0.05) is 22.2 Å². The molecule has 2 nitrogen and oxygen atoms in total. The van der Waals surface area contributed by atoms with Crippen LogP contribution in [-0.2, 0) is 5.41 Å². The first-order valence-electron chi connectivity index (χ1n) is 14.6. The zero-order chi connectivity index (χ0) is 27.9. The van der Waals surface area contributed by atoms with Crippen LogP contribution in [-0.4, -0.2) is 0 Å². The summed E-state index contributed by atoms with van der Waals surface area (Å²) in [5.74, 6) is 0. The highest BCUT2D eigenvalue weighted by molar-refractivity contribution is 6.10. The number of rotatable bonds is 7. The highest BCUT2D eigenvalue weighted by Gasteiger charge is 2.43. The number of nitrogens with zero attached hydrogens (tertiary/aromatic N) is 2. The van der Waals surface area contributed by atoms with Gasteiger partial charge < -0.3 is 4.90 Å². The van der Waals surface area contributed by atoms with E-state index in [0.29, 0.717) is 5.56 Å². The van der Waals surface area contributed by atoms with Gasteiger partial charge in [-0.3, -0.25) is 0 Å². The first-order valence-corrected chi connectivity index (χ1v) is 14.6. The fraction of sp³-hybridized carbons (Fsp3) is 0.237. The molecule has 40 heavy (non-hydrogen) atoms. The number of aryl methyl sites for hydroxylation is 2. The van der Waals surface area contributed by atoms with E-state index < -0.39 is 0 Å². The molecule has 2 heteroatoms. The molecule has 0 amide bonds. The van der Waals surface area contributed by atoms with E-state index >= 15 is 0 Å². The molecular formula is C38H36N2. The molecule has 0 radical (unpaired) electrons. The van der Waals surface area contributed by atoms with E-state index in [1.54, 1.807) is 0 Å². The second-order valence-electron chi connectivity index (χ2n) is 11.3. The number of nitriles is 1. The standard InChI is InChI=1S/C38H36N2/c1-5-20-38(21-6-2)34-23-27(4)14-19-33(34)37-32-13-8-7-12-31(32)36(24-35(37)38)40(30-11-9-10-26(3)22-30)29-17-15-28(25-39)16-18-29/h7-19,22-24H,5-6,20-21H2,1-4H3. The lowest BCUT2D eigenvalue weighted by Gasteiger charge is -2.34. The van der Waals surface area contributed by atoms with E-state index in [-0.39, 0.29) is 5.41 Å². The minimum absolute atomic E-state index is 0.0120. The molecule has 198 valence electrons. The van der Waals surface area contributed by atoms with Crippen molar-refractivity contribution in [3.8, 4) is 17.2 Å². The van der Waals surface area contributed by atoms with Crippen molar-refractivity contribution < 1.29 is 0 Å². The third-order valence-corrected chi connectivity index (χ3v) is 8.61. The van der Waals surface area contributed by atoms with Gasteiger partial charge in [0.15, 0.2) is 0 Å². The van der Waals surface area contributed by atoms with Crippen LogP contribution in [0, 0.1) is 25.2 Å².